The minimum absolute atomic E-state index is 0.152. The highest BCUT2D eigenvalue weighted by atomic mass is 19.1. The molecule has 126 valence electrons. The normalized spacial score (nSPS) is 11.5. The second-order valence-electron chi connectivity index (χ2n) is 6.37. The first kappa shape index (κ1) is 16.7. The van der Waals surface area contributed by atoms with Gasteiger partial charge in [-0.3, -0.25) is 0 Å². The van der Waals surface area contributed by atoms with Gasteiger partial charge in [-0.25, -0.2) is 4.39 Å². The number of hydrogen-bond acceptors (Lipinski definition) is 2. The SMILES string of the molecule is CN(C)CCNCc1cn(Cc2ccccc2F)c2ccccc12. The van der Waals surface area contributed by atoms with E-state index in [1.54, 1.807) is 6.07 Å². The summed E-state index contributed by atoms with van der Waals surface area (Å²) in [6.45, 7) is 3.32. The van der Waals surface area contributed by atoms with Crippen LogP contribution >= 0.6 is 0 Å². The Morgan fingerprint density at radius 1 is 1.00 bits per heavy atom. The van der Waals surface area contributed by atoms with Crippen LogP contribution in [-0.4, -0.2) is 36.7 Å². The van der Waals surface area contributed by atoms with E-state index in [1.165, 1.54) is 17.0 Å². The Morgan fingerprint density at radius 3 is 2.54 bits per heavy atom. The topological polar surface area (TPSA) is 20.2 Å². The lowest BCUT2D eigenvalue weighted by molar-refractivity contribution is 0.400. The van der Waals surface area contributed by atoms with Crippen LogP contribution in [-0.2, 0) is 13.1 Å². The summed E-state index contributed by atoms with van der Waals surface area (Å²) in [5.74, 6) is -0.152. The Labute approximate surface area is 142 Å². The molecule has 0 saturated heterocycles. The first-order chi connectivity index (χ1) is 11.6. The van der Waals surface area contributed by atoms with Crippen molar-refractivity contribution >= 4 is 10.9 Å². The summed E-state index contributed by atoms with van der Waals surface area (Å²) in [6, 6.07) is 15.3. The van der Waals surface area contributed by atoms with E-state index in [0.29, 0.717) is 12.1 Å². The maximum atomic E-state index is 14.0. The molecular formula is C20H24FN3. The fourth-order valence-corrected chi connectivity index (χ4v) is 2.93. The van der Waals surface area contributed by atoms with Gasteiger partial charge in [-0.2, -0.15) is 0 Å². The summed E-state index contributed by atoms with van der Waals surface area (Å²) in [4.78, 5) is 2.16. The van der Waals surface area contributed by atoms with Crippen molar-refractivity contribution in [2.24, 2.45) is 0 Å². The van der Waals surface area contributed by atoms with E-state index in [4.69, 9.17) is 0 Å². The molecule has 0 radical (unpaired) electrons. The minimum atomic E-state index is -0.152. The highest BCUT2D eigenvalue weighted by molar-refractivity contribution is 5.84. The van der Waals surface area contributed by atoms with Crippen molar-refractivity contribution in [2.45, 2.75) is 13.1 Å². The van der Waals surface area contributed by atoms with Crippen molar-refractivity contribution in [1.82, 2.24) is 14.8 Å². The van der Waals surface area contributed by atoms with Crippen LogP contribution in [0.4, 0.5) is 4.39 Å². The van der Waals surface area contributed by atoms with Crippen LogP contribution in [0.15, 0.2) is 54.7 Å². The summed E-state index contributed by atoms with van der Waals surface area (Å²) in [5, 5.41) is 4.71. The van der Waals surface area contributed by atoms with Gasteiger partial charge in [0, 0.05) is 42.3 Å². The molecular weight excluding hydrogens is 301 g/mol. The van der Waals surface area contributed by atoms with Crippen molar-refractivity contribution < 1.29 is 4.39 Å². The predicted octanol–water partition coefficient (Wildman–Crippen LogP) is 3.48. The van der Waals surface area contributed by atoms with Gasteiger partial charge in [0.15, 0.2) is 0 Å². The third-order valence-electron chi connectivity index (χ3n) is 4.22. The molecule has 0 aliphatic rings. The fraction of sp³-hybridized carbons (Fsp3) is 0.300. The lowest BCUT2D eigenvalue weighted by Gasteiger charge is -2.09. The summed E-state index contributed by atoms with van der Waals surface area (Å²) < 4.78 is 16.1. The molecule has 1 heterocycles. The molecule has 1 N–H and O–H groups in total. The molecule has 0 amide bonds. The fourth-order valence-electron chi connectivity index (χ4n) is 2.93. The third kappa shape index (κ3) is 3.83. The van der Waals surface area contributed by atoms with Gasteiger partial charge >= 0.3 is 0 Å². The predicted molar refractivity (Wildman–Crippen MR) is 97.7 cm³/mol. The Morgan fingerprint density at radius 2 is 1.75 bits per heavy atom. The lowest BCUT2D eigenvalue weighted by atomic mass is 10.2. The van der Waals surface area contributed by atoms with Gasteiger partial charge in [0.05, 0.1) is 6.54 Å². The zero-order chi connectivity index (χ0) is 16.9. The van der Waals surface area contributed by atoms with Crippen molar-refractivity contribution in [3.63, 3.8) is 0 Å². The van der Waals surface area contributed by atoms with Crippen molar-refractivity contribution in [3.05, 3.63) is 71.7 Å². The molecule has 3 aromatic rings. The van der Waals surface area contributed by atoms with Crippen LogP contribution < -0.4 is 5.32 Å². The smallest absolute Gasteiger partial charge is 0.128 e. The van der Waals surface area contributed by atoms with Crippen LogP contribution in [0.1, 0.15) is 11.1 Å². The number of halogens is 1. The molecule has 0 unspecified atom stereocenters. The molecule has 24 heavy (non-hydrogen) atoms. The zero-order valence-corrected chi connectivity index (χ0v) is 14.3. The first-order valence-electron chi connectivity index (χ1n) is 8.31. The number of nitrogens with one attached hydrogen (secondary N) is 1. The number of nitrogens with zero attached hydrogens (tertiary/aromatic N) is 2. The van der Waals surface area contributed by atoms with Crippen molar-refractivity contribution in [1.29, 1.82) is 0 Å². The molecule has 0 atom stereocenters. The number of para-hydroxylation sites is 1. The lowest BCUT2D eigenvalue weighted by Crippen LogP contribution is -2.26. The minimum Gasteiger partial charge on any atom is -0.343 e. The number of aromatic nitrogens is 1. The molecule has 2 aromatic carbocycles. The largest absolute Gasteiger partial charge is 0.343 e. The second kappa shape index (κ2) is 7.60. The monoisotopic (exact) mass is 325 g/mol. The van der Waals surface area contributed by atoms with Gasteiger partial charge in [-0.05, 0) is 31.8 Å². The molecule has 0 spiro atoms. The van der Waals surface area contributed by atoms with Crippen LogP contribution in [0.5, 0.6) is 0 Å². The molecule has 1 aromatic heterocycles. The molecule has 0 saturated carbocycles. The highest BCUT2D eigenvalue weighted by Gasteiger charge is 2.10. The quantitative estimate of drug-likeness (QED) is 0.671. The standard InChI is InChI=1S/C20H24FN3/c1-23(2)12-11-22-13-17-15-24(20-10-6-4-8-18(17)20)14-16-7-3-5-9-19(16)21/h3-10,15,22H,11-14H2,1-2H3. The van der Waals surface area contributed by atoms with E-state index in [0.717, 1.165) is 25.2 Å². The molecule has 0 fully saturated rings. The summed E-state index contributed by atoms with van der Waals surface area (Å²) in [5.41, 5.74) is 3.11. The van der Waals surface area contributed by atoms with E-state index >= 15 is 0 Å². The Bertz CT molecular complexity index is 808. The van der Waals surface area contributed by atoms with E-state index in [1.807, 2.05) is 18.2 Å². The molecule has 3 nitrogen and oxygen atoms in total. The Hall–Kier alpha value is -2.17. The number of rotatable bonds is 7. The third-order valence-corrected chi connectivity index (χ3v) is 4.22. The van der Waals surface area contributed by atoms with Gasteiger partial charge in [0.2, 0.25) is 0 Å². The summed E-state index contributed by atoms with van der Waals surface area (Å²) in [7, 11) is 4.14. The number of benzene rings is 2. The van der Waals surface area contributed by atoms with Crippen molar-refractivity contribution in [2.75, 3.05) is 27.2 Å². The van der Waals surface area contributed by atoms with Gasteiger partial charge in [0.1, 0.15) is 5.82 Å². The first-order valence-corrected chi connectivity index (χ1v) is 8.31. The summed E-state index contributed by atoms with van der Waals surface area (Å²) >= 11 is 0. The van der Waals surface area contributed by atoms with Gasteiger partial charge < -0.3 is 14.8 Å². The van der Waals surface area contributed by atoms with E-state index in [9.17, 15) is 4.39 Å². The van der Waals surface area contributed by atoms with E-state index < -0.39 is 0 Å². The van der Waals surface area contributed by atoms with Crippen LogP contribution in [0.25, 0.3) is 10.9 Å². The Kier molecular flexibility index (Phi) is 5.28. The number of hydrogen-bond donors (Lipinski definition) is 1. The molecule has 4 heteroatoms. The number of likely N-dealkylation sites (N-methyl/N-ethyl adjacent to an activating group) is 1. The molecule has 0 aliphatic heterocycles. The van der Waals surface area contributed by atoms with E-state index in [2.05, 4.69) is 53.3 Å². The van der Waals surface area contributed by atoms with Gasteiger partial charge in [-0.1, -0.05) is 36.4 Å². The van der Waals surface area contributed by atoms with Crippen molar-refractivity contribution in [3.8, 4) is 0 Å². The Balaban J connectivity index is 1.82. The van der Waals surface area contributed by atoms with Gasteiger partial charge in [-0.15, -0.1) is 0 Å². The zero-order valence-electron chi connectivity index (χ0n) is 14.3. The van der Waals surface area contributed by atoms with Gasteiger partial charge in [0.25, 0.3) is 0 Å². The van der Waals surface area contributed by atoms with Crippen LogP contribution in [0, 0.1) is 5.82 Å². The average molecular weight is 325 g/mol. The second-order valence-corrected chi connectivity index (χ2v) is 6.37. The maximum Gasteiger partial charge on any atom is 0.128 e. The average Bonchev–Trinajstić information content (AvgIpc) is 2.92. The maximum absolute atomic E-state index is 14.0. The molecule has 3 rings (SSSR count). The number of fused-ring (bicyclic) bond motifs is 1. The molecule has 0 aliphatic carbocycles. The highest BCUT2D eigenvalue weighted by Crippen LogP contribution is 2.23. The van der Waals surface area contributed by atoms with Crippen LogP contribution in [0.3, 0.4) is 0 Å². The van der Waals surface area contributed by atoms with Crippen LogP contribution in [0.2, 0.25) is 0 Å². The van der Waals surface area contributed by atoms with E-state index in [-0.39, 0.29) is 5.82 Å². The summed E-state index contributed by atoms with van der Waals surface area (Å²) in [6.07, 6.45) is 2.14. The molecule has 0 bridgehead atoms.